The van der Waals surface area contributed by atoms with Crippen molar-refractivity contribution >= 4 is 21.1 Å². The SMILES string of the molecule is C[CH](C)[Sn][CH]1CCCCC1. The van der Waals surface area contributed by atoms with Gasteiger partial charge in [-0.05, 0) is 0 Å². The predicted octanol–water partition coefficient (Wildman–Crippen LogP) is 3.27. The third-order valence-corrected chi connectivity index (χ3v) is 7.07. The van der Waals surface area contributed by atoms with Crippen molar-refractivity contribution in [3.63, 3.8) is 0 Å². The van der Waals surface area contributed by atoms with E-state index in [1.807, 2.05) is 0 Å². The van der Waals surface area contributed by atoms with Crippen LogP contribution in [0.4, 0.5) is 0 Å². The van der Waals surface area contributed by atoms with Crippen LogP contribution in [0.1, 0.15) is 46.0 Å². The average molecular weight is 245 g/mol. The molecule has 0 nitrogen and oxygen atoms in total. The van der Waals surface area contributed by atoms with Gasteiger partial charge in [0.25, 0.3) is 0 Å². The second-order valence-corrected chi connectivity index (χ2v) is 10.2. The summed E-state index contributed by atoms with van der Waals surface area (Å²) in [7, 11) is 0. The van der Waals surface area contributed by atoms with E-state index in [4.69, 9.17) is 0 Å². The molecular formula is C9H18Sn. The molecule has 0 unspecified atom stereocenters. The van der Waals surface area contributed by atoms with Gasteiger partial charge < -0.3 is 0 Å². The van der Waals surface area contributed by atoms with Crippen LogP contribution in [0.5, 0.6) is 0 Å². The quantitative estimate of drug-likeness (QED) is 0.655. The molecule has 0 heterocycles. The van der Waals surface area contributed by atoms with Crippen LogP contribution in [0.2, 0.25) is 7.87 Å². The first-order chi connectivity index (χ1) is 4.79. The minimum absolute atomic E-state index is 0.0378. The summed E-state index contributed by atoms with van der Waals surface area (Å²) in [6, 6.07) is 0. The number of rotatable bonds is 2. The monoisotopic (exact) mass is 246 g/mol. The van der Waals surface area contributed by atoms with E-state index in [9.17, 15) is 0 Å². The molecule has 1 heteroatoms. The normalized spacial score (nSPS) is 21.9. The molecule has 0 aromatic rings. The van der Waals surface area contributed by atoms with E-state index in [1.165, 1.54) is 23.2 Å². The molecule has 0 amide bonds. The Morgan fingerprint density at radius 3 is 2.20 bits per heavy atom. The van der Waals surface area contributed by atoms with E-state index in [0.29, 0.717) is 0 Å². The van der Waals surface area contributed by atoms with Gasteiger partial charge in [0, 0.05) is 0 Å². The standard InChI is InChI=1S/C6H11.C3H7.Sn/c1-2-4-6-5-3-1;1-3-2;/h1H,2-6H2;3H,1-2H3;. The van der Waals surface area contributed by atoms with Crippen LogP contribution >= 0.6 is 0 Å². The van der Waals surface area contributed by atoms with Gasteiger partial charge in [-0.1, -0.05) is 0 Å². The van der Waals surface area contributed by atoms with Gasteiger partial charge in [0.1, 0.15) is 0 Å². The molecule has 1 aliphatic rings. The van der Waals surface area contributed by atoms with Crippen molar-refractivity contribution in [2.24, 2.45) is 0 Å². The van der Waals surface area contributed by atoms with Gasteiger partial charge in [-0.2, -0.15) is 0 Å². The Balaban J connectivity index is 2.13. The molecule has 0 spiro atoms. The molecule has 10 heavy (non-hydrogen) atoms. The van der Waals surface area contributed by atoms with Crippen LogP contribution in [0.3, 0.4) is 0 Å². The Labute approximate surface area is 75.0 Å². The van der Waals surface area contributed by atoms with E-state index in [0.717, 1.165) is 3.93 Å². The molecule has 1 aliphatic carbocycles. The van der Waals surface area contributed by atoms with E-state index in [1.54, 1.807) is 12.8 Å². The van der Waals surface area contributed by atoms with Gasteiger partial charge in [0.15, 0.2) is 0 Å². The minimum atomic E-state index is 0.0378. The molecule has 0 N–H and O–H groups in total. The Morgan fingerprint density at radius 1 is 1.10 bits per heavy atom. The van der Waals surface area contributed by atoms with Crippen molar-refractivity contribution in [3.05, 3.63) is 0 Å². The van der Waals surface area contributed by atoms with Gasteiger partial charge in [0.2, 0.25) is 0 Å². The van der Waals surface area contributed by atoms with Gasteiger partial charge in [-0.15, -0.1) is 0 Å². The third kappa shape index (κ3) is 3.27. The van der Waals surface area contributed by atoms with Crippen molar-refractivity contribution in [2.75, 3.05) is 0 Å². The summed E-state index contributed by atoms with van der Waals surface area (Å²) in [6.07, 6.45) is 7.78. The van der Waals surface area contributed by atoms with Crippen molar-refractivity contribution in [2.45, 2.75) is 53.8 Å². The van der Waals surface area contributed by atoms with Crippen LogP contribution < -0.4 is 0 Å². The zero-order valence-electron chi connectivity index (χ0n) is 7.19. The molecule has 58 valence electrons. The first-order valence-electron chi connectivity index (χ1n) is 4.55. The number of hydrogen-bond donors (Lipinski definition) is 0. The third-order valence-electron chi connectivity index (χ3n) is 2.17. The van der Waals surface area contributed by atoms with E-state index < -0.39 is 0 Å². The first kappa shape index (κ1) is 8.89. The summed E-state index contributed by atoms with van der Waals surface area (Å²) in [5.41, 5.74) is 0. The zero-order valence-corrected chi connectivity index (χ0v) is 10.0. The molecule has 0 bridgehead atoms. The van der Waals surface area contributed by atoms with Crippen molar-refractivity contribution < 1.29 is 0 Å². The molecule has 1 rings (SSSR count). The molecule has 0 aromatic heterocycles. The molecule has 0 aromatic carbocycles. The summed E-state index contributed by atoms with van der Waals surface area (Å²) in [6.45, 7) is 4.83. The second kappa shape index (κ2) is 4.63. The van der Waals surface area contributed by atoms with Gasteiger partial charge >= 0.3 is 75.0 Å². The van der Waals surface area contributed by atoms with E-state index in [-0.39, 0.29) is 21.1 Å². The Bertz CT molecular complexity index is 82.7. The van der Waals surface area contributed by atoms with Crippen molar-refractivity contribution in [3.8, 4) is 0 Å². The topological polar surface area (TPSA) is 0 Å². The number of hydrogen-bond acceptors (Lipinski definition) is 0. The van der Waals surface area contributed by atoms with Crippen LogP contribution in [0, 0.1) is 0 Å². The maximum atomic E-state index is 2.42. The van der Waals surface area contributed by atoms with Crippen LogP contribution in [0.25, 0.3) is 0 Å². The summed E-state index contributed by atoms with van der Waals surface area (Å²) in [5.74, 6) is 0. The van der Waals surface area contributed by atoms with Gasteiger partial charge in [-0.3, -0.25) is 0 Å². The summed E-state index contributed by atoms with van der Waals surface area (Å²) >= 11 is 0.0378. The van der Waals surface area contributed by atoms with Crippen molar-refractivity contribution in [1.29, 1.82) is 0 Å². The van der Waals surface area contributed by atoms with Gasteiger partial charge in [-0.25, -0.2) is 0 Å². The summed E-state index contributed by atoms with van der Waals surface area (Å²) in [5, 5.41) is 0. The van der Waals surface area contributed by atoms with E-state index in [2.05, 4.69) is 13.8 Å². The Hall–Kier alpha value is 0.799. The Morgan fingerprint density at radius 2 is 1.70 bits per heavy atom. The Kier molecular flexibility index (Phi) is 4.12. The second-order valence-electron chi connectivity index (χ2n) is 3.66. The summed E-state index contributed by atoms with van der Waals surface area (Å²) in [4.78, 5) is 0. The fourth-order valence-electron chi connectivity index (χ4n) is 1.74. The predicted molar refractivity (Wildman–Crippen MR) is 47.7 cm³/mol. The first-order valence-corrected chi connectivity index (χ1v) is 7.84. The molecule has 1 fully saturated rings. The van der Waals surface area contributed by atoms with Gasteiger partial charge in [0.05, 0.1) is 0 Å². The van der Waals surface area contributed by atoms with Crippen LogP contribution in [-0.4, -0.2) is 21.1 Å². The molecule has 1 saturated carbocycles. The average Bonchev–Trinajstić information content (AvgIpc) is 1.88. The molecule has 0 saturated heterocycles. The zero-order chi connectivity index (χ0) is 7.40. The van der Waals surface area contributed by atoms with Crippen LogP contribution in [0.15, 0.2) is 0 Å². The fourth-order valence-corrected chi connectivity index (χ4v) is 6.55. The fraction of sp³-hybridized carbons (Fsp3) is 1.00. The molecular weight excluding hydrogens is 227 g/mol. The molecule has 0 atom stereocenters. The van der Waals surface area contributed by atoms with Crippen molar-refractivity contribution in [1.82, 2.24) is 0 Å². The summed E-state index contributed by atoms with van der Waals surface area (Å²) < 4.78 is 2.34. The molecule has 2 radical (unpaired) electrons. The van der Waals surface area contributed by atoms with Crippen LogP contribution in [-0.2, 0) is 0 Å². The molecule has 0 aliphatic heterocycles. The van der Waals surface area contributed by atoms with E-state index >= 15 is 0 Å². The maximum absolute atomic E-state index is 2.42.